The highest BCUT2D eigenvalue weighted by Crippen LogP contribution is 2.30. The summed E-state index contributed by atoms with van der Waals surface area (Å²) in [6.07, 6.45) is 6.00. The van der Waals surface area contributed by atoms with E-state index in [4.69, 9.17) is 0 Å². The van der Waals surface area contributed by atoms with Gasteiger partial charge in [-0.05, 0) is 44.2 Å². The Bertz CT molecular complexity index is 85.4. The molecular weight excluding hydrogens is 146 g/mol. The van der Waals surface area contributed by atoms with Gasteiger partial charge in [-0.2, -0.15) is 0 Å². The number of hydrogen-bond acceptors (Lipinski definition) is 1. The van der Waals surface area contributed by atoms with Crippen molar-refractivity contribution in [3.05, 3.63) is 0 Å². The van der Waals surface area contributed by atoms with Crippen molar-refractivity contribution in [3.8, 4) is 0 Å². The largest absolute Gasteiger partial charge is 0.316 e. The number of nitrogens with one attached hydrogen (secondary N) is 1. The molecule has 0 aromatic heterocycles. The average molecular weight is 162 g/mol. The maximum Gasteiger partial charge on any atom is -0.00203 e. The molecule has 2 fully saturated rings. The van der Waals surface area contributed by atoms with Crippen LogP contribution < -0.4 is 5.32 Å². The van der Waals surface area contributed by atoms with E-state index in [1.807, 2.05) is 0 Å². The standard InChI is InChI=1S/C8H15N.ClH/c1-2-7-4-8(3-1)6-9-5-7;/h7-9H,1-6H2;1H/t7-,8?;/m1./s1. The summed E-state index contributed by atoms with van der Waals surface area (Å²) in [6, 6.07) is 0. The molecule has 1 saturated carbocycles. The normalized spacial score (nSPS) is 38.4. The Kier molecular flexibility index (Phi) is 2.99. The van der Waals surface area contributed by atoms with E-state index in [0.29, 0.717) is 0 Å². The lowest BCUT2D eigenvalue weighted by Crippen LogP contribution is -2.38. The molecule has 1 saturated heterocycles. The molecule has 2 aliphatic rings. The molecule has 0 amide bonds. The van der Waals surface area contributed by atoms with Crippen LogP contribution in [0.25, 0.3) is 0 Å². The van der Waals surface area contributed by atoms with Crippen molar-refractivity contribution in [1.29, 1.82) is 0 Å². The number of halogens is 1. The SMILES string of the molecule is C1CC2CNC[C@H](C1)C2.Cl. The Hall–Kier alpha value is 0.250. The molecule has 1 N–H and O–H groups in total. The second kappa shape index (κ2) is 3.59. The van der Waals surface area contributed by atoms with Gasteiger partial charge in [0.2, 0.25) is 0 Å². The lowest BCUT2D eigenvalue weighted by Gasteiger charge is -2.34. The third-order valence-corrected chi connectivity index (χ3v) is 2.76. The Morgan fingerprint density at radius 1 is 1.00 bits per heavy atom. The number of fused-ring (bicyclic) bond motifs is 2. The van der Waals surface area contributed by atoms with E-state index in [1.54, 1.807) is 0 Å². The first-order valence-electron chi connectivity index (χ1n) is 4.16. The molecule has 0 aromatic carbocycles. The minimum atomic E-state index is 0. The summed E-state index contributed by atoms with van der Waals surface area (Å²) >= 11 is 0. The first-order valence-corrected chi connectivity index (χ1v) is 4.16. The monoisotopic (exact) mass is 161 g/mol. The summed E-state index contributed by atoms with van der Waals surface area (Å²) < 4.78 is 0. The van der Waals surface area contributed by atoms with Gasteiger partial charge in [0.15, 0.2) is 0 Å². The van der Waals surface area contributed by atoms with Gasteiger partial charge in [-0.3, -0.25) is 0 Å². The van der Waals surface area contributed by atoms with E-state index in [9.17, 15) is 0 Å². The van der Waals surface area contributed by atoms with Crippen LogP contribution in [0.3, 0.4) is 0 Å². The Morgan fingerprint density at radius 2 is 1.60 bits per heavy atom. The minimum Gasteiger partial charge on any atom is -0.316 e. The summed E-state index contributed by atoms with van der Waals surface area (Å²) in [5.74, 6) is 2.08. The summed E-state index contributed by atoms with van der Waals surface area (Å²) in [7, 11) is 0. The van der Waals surface area contributed by atoms with Crippen LogP contribution in [-0.2, 0) is 0 Å². The van der Waals surface area contributed by atoms with Crippen molar-refractivity contribution >= 4 is 12.4 Å². The molecule has 1 unspecified atom stereocenters. The van der Waals surface area contributed by atoms with Gasteiger partial charge in [-0.25, -0.2) is 0 Å². The molecule has 0 radical (unpaired) electrons. The van der Waals surface area contributed by atoms with E-state index < -0.39 is 0 Å². The Balaban J connectivity index is 0.000000500. The first kappa shape index (κ1) is 8.35. The average Bonchev–Trinajstić information content (AvgIpc) is 1.88. The Labute approximate surface area is 69.0 Å². The van der Waals surface area contributed by atoms with Gasteiger partial charge in [0.25, 0.3) is 0 Å². The predicted molar refractivity (Wildman–Crippen MR) is 45.6 cm³/mol. The summed E-state index contributed by atoms with van der Waals surface area (Å²) in [5.41, 5.74) is 0. The molecule has 1 nitrogen and oxygen atoms in total. The smallest absolute Gasteiger partial charge is 0.00203 e. The summed E-state index contributed by atoms with van der Waals surface area (Å²) in [6.45, 7) is 2.60. The first-order chi connectivity index (χ1) is 4.45. The van der Waals surface area contributed by atoms with Gasteiger partial charge in [0.1, 0.15) is 0 Å². The van der Waals surface area contributed by atoms with Crippen molar-refractivity contribution in [2.24, 2.45) is 11.8 Å². The molecule has 1 aliphatic carbocycles. The van der Waals surface area contributed by atoms with Crippen LogP contribution >= 0.6 is 12.4 Å². The molecule has 2 atom stereocenters. The molecule has 0 aromatic rings. The third-order valence-electron chi connectivity index (χ3n) is 2.76. The van der Waals surface area contributed by atoms with Gasteiger partial charge in [0, 0.05) is 0 Å². The van der Waals surface area contributed by atoms with Gasteiger partial charge >= 0.3 is 0 Å². The van der Waals surface area contributed by atoms with Crippen LogP contribution in [0.2, 0.25) is 0 Å². The quantitative estimate of drug-likeness (QED) is 0.572. The fourth-order valence-corrected chi connectivity index (χ4v) is 2.26. The van der Waals surface area contributed by atoms with Crippen molar-refractivity contribution in [2.75, 3.05) is 13.1 Å². The van der Waals surface area contributed by atoms with E-state index in [1.165, 1.54) is 38.8 Å². The molecule has 2 heteroatoms. The van der Waals surface area contributed by atoms with E-state index in [2.05, 4.69) is 5.32 Å². The topological polar surface area (TPSA) is 12.0 Å². The zero-order chi connectivity index (χ0) is 6.10. The number of rotatable bonds is 0. The zero-order valence-electron chi connectivity index (χ0n) is 6.31. The third kappa shape index (κ3) is 1.64. The lowest BCUT2D eigenvalue weighted by atomic mass is 9.79. The molecule has 2 bridgehead atoms. The second-order valence-corrected chi connectivity index (χ2v) is 3.56. The van der Waals surface area contributed by atoms with Crippen LogP contribution in [0.4, 0.5) is 0 Å². The highest BCUT2D eigenvalue weighted by molar-refractivity contribution is 5.85. The maximum absolute atomic E-state index is 3.49. The second-order valence-electron chi connectivity index (χ2n) is 3.56. The summed E-state index contributed by atoms with van der Waals surface area (Å²) in [4.78, 5) is 0. The van der Waals surface area contributed by atoms with E-state index in [0.717, 1.165) is 11.8 Å². The fourth-order valence-electron chi connectivity index (χ4n) is 2.26. The molecule has 1 aliphatic heterocycles. The van der Waals surface area contributed by atoms with Crippen LogP contribution in [-0.4, -0.2) is 13.1 Å². The molecule has 2 rings (SSSR count). The minimum absolute atomic E-state index is 0. The molecule has 10 heavy (non-hydrogen) atoms. The van der Waals surface area contributed by atoms with Crippen molar-refractivity contribution in [3.63, 3.8) is 0 Å². The van der Waals surface area contributed by atoms with Crippen molar-refractivity contribution in [1.82, 2.24) is 5.32 Å². The van der Waals surface area contributed by atoms with Crippen molar-refractivity contribution < 1.29 is 0 Å². The van der Waals surface area contributed by atoms with Gasteiger partial charge in [0.05, 0.1) is 0 Å². The highest BCUT2D eigenvalue weighted by Gasteiger charge is 2.24. The van der Waals surface area contributed by atoms with E-state index in [-0.39, 0.29) is 12.4 Å². The maximum atomic E-state index is 3.49. The molecule has 0 spiro atoms. The van der Waals surface area contributed by atoms with Gasteiger partial charge in [-0.1, -0.05) is 6.42 Å². The highest BCUT2D eigenvalue weighted by atomic mass is 35.5. The number of piperidine rings is 1. The van der Waals surface area contributed by atoms with Gasteiger partial charge < -0.3 is 5.32 Å². The van der Waals surface area contributed by atoms with Gasteiger partial charge in [-0.15, -0.1) is 12.4 Å². The predicted octanol–water partition coefficient (Wildman–Crippen LogP) is 1.82. The number of hydrogen-bond donors (Lipinski definition) is 1. The Morgan fingerprint density at radius 3 is 2.10 bits per heavy atom. The van der Waals surface area contributed by atoms with E-state index >= 15 is 0 Å². The van der Waals surface area contributed by atoms with Crippen LogP contribution in [0, 0.1) is 11.8 Å². The van der Waals surface area contributed by atoms with Crippen LogP contribution in [0.5, 0.6) is 0 Å². The van der Waals surface area contributed by atoms with Crippen LogP contribution in [0.15, 0.2) is 0 Å². The zero-order valence-corrected chi connectivity index (χ0v) is 7.12. The lowest BCUT2D eigenvalue weighted by molar-refractivity contribution is 0.208. The van der Waals surface area contributed by atoms with Crippen LogP contribution in [0.1, 0.15) is 25.7 Å². The molecular formula is C8H16ClN. The fraction of sp³-hybridized carbons (Fsp3) is 1.00. The molecule has 60 valence electrons. The summed E-state index contributed by atoms with van der Waals surface area (Å²) in [5, 5.41) is 3.49. The molecule has 1 heterocycles. The van der Waals surface area contributed by atoms with Crippen molar-refractivity contribution in [2.45, 2.75) is 25.7 Å².